The van der Waals surface area contributed by atoms with Crippen molar-refractivity contribution >= 4 is 23.1 Å². The molecule has 0 aromatic heterocycles. The van der Waals surface area contributed by atoms with E-state index >= 15 is 0 Å². The third kappa shape index (κ3) is 2.69. The molecule has 0 spiro atoms. The van der Waals surface area contributed by atoms with E-state index in [-0.39, 0.29) is 10.6 Å². The van der Waals surface area contributed by atoms with Crippen molar-refractivity contribution in [2.45, 2.75) is 6.92 Å². The Labute approximate surface area is 110 Å². The van der Waals surface area contributed by atoms with Crippen LogP contribution in [0.1, 0.15) is 6.92 Å². The molecule has 0 bridgehead atoms. The SMILES string of the molecule is CCOc1cccc(N2CCSCC2)c1[N+](=O)[O-]. The van der Waals surface area contributed by atoms with Crippen molar-refractivity contribution < 1.29 is 9.66 Å². The van der Waals surface area contributed by atoms with Crippen LogP contribution in [0.3, 0.4) is 0 Å². The fourth-order valence-corrected chi connectivity index (χ4v) is 2.93. The van der Waals surface area contributed by atoms with E-state index < -0.39 is 0 Å². The summed E-state index contributed by atoms with van der Waals surface area (Å²) >= 11 is 1.88. The van der Waals surface area contributed by atoms with E-state index in [0.717, 1.165) is 24.6 Å². The number of nitro benzene ring substituents is 1. The summed E-state index contributed by atoms with van der Waals surface area (Å²) in [5, 5.41) is 11.3. The van der Waals surface area contributed by atoms with E-state index in [4.69, 9.17) is 4.74 Å². The lowest BCUT2D eigenvalue weighted by Gasteiger charge is -2.28. The Morgan fingerprint density at radius 3 is 2.78 bits per heavy atom. The Kier molecular flexibility index (Phi) is 4.30. The van der Waals surface area contributed by atoms with Gasteiger partial charge >= 0.3 is 5.69 Å². The highest BCUT2D eigenvalue weighted by molar-refractivity contribution is 7.99. The van der Waals surface area contributed by atoms with Gasteiger partial charge in [-0.25, -0.2) is 0 Å². The standard InChI is InChI=1S/C12H16N2O3S/c1-2-17-11-5-3-4-10(12(11)14(15)16)13-6-8-18-9-7-13/h3-5H,2,6-9H2,1H3. The van der Waals surface area contributed by atoms with Gasteiger partial charge < -0.3 is 9.64 Å². The number of para-hydroxylation sites is 1. The molecule has 1 heterocycles. The predicted molar refractivity (Wildman–Crippen MR) is 73.8 cm³/mol. The van der Waals surface area contributed by atoms with Gasteiger partial charge in [0.1, 0.15) is 5.69 Å². The molecule has 98 valence electrons. The van der Waals surface area contributed by atoms with E-state index in [1.165, 1.54) is 0 Å². The first-order valence-corrected chi connectivity index (χ1v) is 7.12. The van der Waals surface area contributed by atoms with Crippen LogP contribution in [-0.4, -0.2) is 36.1 Å². The first-order valence-electron chi connectivity index (χ1n) is 5.97. The Morgan fingerprint density at radius 1 is 1.44 bits per heavy atom. The number of thioether (sulfide) groups is 1. The van der Waals surface area contributed by atoms with Gasteiger partial charge in [-0.3, -0.25) is 10.1 Å². The van der Waals surface area contributed by atoms with E-state index in [1.54, 1.807) is 12.1 Å². The molecule has 6 heteroatoms. The van der Waals surface area contributed by atoms with Gasteiger partial charge in [-0.05, 0) is 19.1 Å². The normalized spacial score (nSPS) is 15.5. The maximum Gasteiger partial charge on any atom is 0.333 e. The van der Waals surface area contributed by atoms with Crippen molar-refractivity contribution in [3.63, 3.8) is 0 Å². The average molecular weight is 268 g/mol. The quantitative estimate of drug-likeness (QED) is 0.620. The smallest absolute Gasteiger partial charge is 0.333 e. The molecule has 5 nitrogen and oxygen atoms in total. The molecule has 0 unspecified atom stereocenters. The second-order valence-electron chi connectivity index (χ2n) is 3.91. The molecule has 0 N–H and O–H groups in total. The van der Waals surface area contributed by atoms with Crippen molar-refractivity contribution in [2.75, 3.05) is 36.1 Å². The summed E-state index contributed by atoms with van der Waals surface area (Å²) in [6.07, 6.45) is 0. The second kappa shape index (κ2) is 5.95. The monoisotopic (exact) mass is 268 g/mol. The fourth-order valence-electron chi connectivity index (χ4n) is 2.03. The van der Waals surface area contributed by atoms with E-state index in [9.17, 15) is 10.1 Å². The number of nitrogens with zero attached hydrogens (tertiary/aromatic N) is 2. The van der Waals surface area contributed by atoms with E-state index in [2.05, 4.69) is 4.90 Å². The molecule has 1 aromatic rings. The van der Waals surface area contributed by atoms with Crippen LogP contribution < -0.4 is 9.64 Å². The zero-order chi connectivity index (χ0) is 13.0. The highest BCUT2D eigenvalue weighted by atomic mass is 32.2. The van der Waals surface area contributed by atoms with Crippen LogP contribution in [0.2, 0.25) is 0 Å². The summed E-state index contributed by atoms with van der Waals surface area (Å²) < 4.78 is 5.36. The van der Waals surface area contributed by atoms with Crippen LogP contribution in [-0.2, 0) is 0 Å². The van der Waals surface area contributed by atoms with Gasteiger partial charge in [0.05, 0.1) is 11.5 Å². The van der Waals surface area contributed by atoms with Crippen LogP contribution in [0.4, 0.5) is 11.4 Å². The van der Waals surface area contributed by atoms with Gasteiger partial charge in [0, 0.05) is 24.6 Å². The molecule has 1 fully saturated rings. The summed E-state index contributed by atoms with van der Waals surface area (Å²) in [5.41, 5.74) is 0.762. The lowest BCUT2D eigenvalue weighted by Crippen LogP contribution is -2.32. The summed E-state index contributed by atoms with van der Waals surface area (Å²) in [4.78, 5) is 13.0. The molecule has 1 aromatic carbocycles. The highest BCUT2D eigenvalue weighted by Crippen LogP contribution is 2.37. The number of benzene rings is 1. The predicted octanol–water partition coefficient (Wildman–Crippen LogP) is 2.55. The second-order valence-corrected chi connectivity index (χ2v) is 5.14. The van der Waals surface area contributed by atoms with Crippen LogP contribution in [0, 0.1) is 10.1 Å². The van der Waals surface area contributed by atoms with Gasteiger partial charge in [-0.15, -0.1) is 0 Å². The largest absolute Gasteiger partial charge is 0.487 e. The van der Waals surface area contributed by atoms with Gasteiger partial charge in [-0.1, -0.05) is 6.07 Å². The van der Waals surface area contributed by atoms with Gasteiger partial charge in [-0.2, -0.15) is 11.8 Å². The van der Waals surface area contributed by atoms with Crippen molar-refractivity contribution in [3.05, 3.63) is 28.3 Å². The number of anilines is 1. The maximum atomic E-state index is 11.3. The average Bonchev–Trinajstić information content (AvgIpc) is 2.39. The molecule has 1 saturated heterocycles. The summed E-state index contributed by atoms with van der Waals surface area (Å²) in [5.74, 6) is 2.38. The van der Waals surface area contributed by atoms with Crippen molar-refractivity contribution in [1.29, 1.82) is 0 Å². The molecule has 2 rings (SSSR count). The minimum atomic E-state index is -0.345. The Bertz CT molecular complexity index is 433. The molecular weight excluding hydrogens is 252 g/mol. The molecule has 18 heavy (non-hydrogen) atoms. The zero-order valence-corrected chi connectivity index (χ0v) is 11.1. The maximum absolute atomic E-state index is 11.3. The van der Waals surface area contributed by atoms with E-state index in [0.29, 0.717) is 18.0 Å². The van der Waals surface area contributed by atoms with Gasteiger partial charge in [0.25, 0.3) is 0 Å². The van der Waals surface area contributed by atoms with Crippen LogP contribution in [0.15, 0.2) is 18.2 Å². The molecule has 0 amide bonds. The molecule has 0 radical (unpaired) electrons. The summed E-state index contributed by atoms with van der Waals surface area (Å²) in [6, 6.07) is 5.27. The number of rotatable bonds is 4. The molecule has 0 saturated carbocycles. The molecule has 0 atom stereocenters. The Balaban J connectivity index is 2.38. The van der Waals surface area contributed by atoms with Crippen LogP contribution in [0.5, 0.6) is 5.75 Å². The number of hydrogen-bond donors (Lipinski definition) is 0. The topological polar surface area (TPSA) is 55.6 Å². The van der Waals surface area contributed by atoms with Gasteiger partial charge in [0.2, 0.25) is 0 Å². The van der Waals surface area contributed by atoms with Crippen molar-refractivity contribution in [1.82, 2.24) is 0 Å². The minimum absolute atomic E-state index is 0.0891. The van der Waals surface area contributed by atoms with Crippen LogP contribution >= 0.6 is 11.8 Å². The van der Waals surface area contributed by atoms with E-state index in [1.807, 2.05) is 24.8 Å². The Hall–Kier alpha value is -1.43. The number of nitro groups is 1. The van der Waals surface area contributed by atoms with Crippen molar-refractivity contribution in [2.24, 2.45) is 0 Å². The molecule has 0 aliphatic carbocycles. The zero-order valence-electron chi connectivity index (χ0n) is 10.3. The molecular formula is C12H16N2O3S. The molecule has 1 aliphatic heterocycles. The van der Waals surface area contributed by atoms with Gasteiger partial charge in [0.15, 0.2) is 5.75 Å². The lowest BCUT2D eigenvalue weighted by atomic mass is 10.2. The van der Waals surface area contributed by atoms with Crippen LogP contribution in [0.25, 0.3) is 0 Å². The third-order valence-electron chi connectivity index (χ3n) is 2.81. The third-order valence-corrected chi connectivity index (χ3v) is 3.75. The van der Waals surface area contributed by atoms with Crippen molar-refractivity contribution in [3.8, 4) is 5.75 Å². The first-order chi connectivity index (χ1) is 8.74. The summed E-state index contributed by atoms with van der Waals surface area (Å²) in [7, 11) is 0. The highest BCUT2D eigenvalue weighted by Gasteiger charge is 2.25. The lowest BCUT2D eigenvalue weighted by molar-refractivity contribution is -0.385. The Morgan fingerprint density at radius 2 is 2.17 bits per heavy atom. The number of hydrogen-bond acceptors (Lipinski definition) is 5. The molecule has 1 aliphatic rings. The minimum Gasteiger partial charge on any atom is -0.487 e. The first kappa shape index (κ1) is 13.0. The summed E-state index contributed by atoms with van der Waals surface area (Å²) in [6.45, 7) is 3.95. The number of ether oxygens (including phenoxy) is 1. The fraction of sp³-hybridized carbons (Fsp3) is 0.500.